The van der Waals surface area contributed by atoms with Gasteiger partial charge in [-0.2, -0.15) is 22.0 Å². The minimum Gasteiger partial charge on any atom is -0.435 e. The van der Waals surface area contributed by atoms with Crippen LogP contribution in [0.25, 0.3) is 11.5 Å². The van der Waals surface area contributed by atoms with Crippen LogP contribution in [0, 0.1) is 0 Å². The molecule has 1 aromatic carbocycles. The second-order valence-corrected chi connectivity index (χ2v) is 5.38. The van der Waals surface area contributed by atoms with Crippen molar-refractivity contribution in [1.82, 2.24) is 15.5 Å². The fraction of sp³-hybridized carbons (Fsp3) is 0.308. The molecule has 6 nitrogen and oxygen atoms in total. The molecule has 2 rings (SSSR count). The number of alkyl halides is 5. The summed E-state index contributed by atoms with van der Waals surface area (Å²) in [6, 6.07) is 5.39. The van der Waals surface area contributed by atoms with Crippen molar-refractivity contribution in [3.05, 3.63) is 24.3 Å². The molecule has 25 heavy (non-hydrogen) atoms. The molecule has 0 radical (unpaired) electrons. The average molecular weight is 383 g/mol. The van der Waals surface area contributed by atoms with Gasteiger partial charge in [-0.25, -0.2) is 0 Å². The number of nitrogens with one attached hydrogen (secondary N) is 1. The molecule has 1 amide bonds. The summed E-state index contributed by atoms with van der Waals surface area (Å²) in [5.74, 6) is -1.16. The van der Waals surface area contributed by atoms with Gasteiger partial charge in [-0.3, -0.25) is 4.79 Å². The van der Waals surface area contributed by atoms with Crippen LogP contribution in [-0.4, -0.2) is 41.2 Å². The molecule has 0 aliphatic rings. The highest BCUT2D eigenvalue weighted by atomic mass is 32.2. The Labute approximate surface area is 141 Å². The number of amides is 1. The zero-order chi connectivity index (χ0) is 18.4. The third-order valence-corrected chi connectivity index (χ3v) is 3.36. The molecule has 0 atom stereocenters. The maximum Gasteiger partial charge on any atom is 0.405 e. The van der Waals surface area contributed by atoms with Crippen LogP contribution in [-0.2, 0) is 4.79 Å². The quantitative estimate of drug-likeness (QED) is 0.585. The molecule has 0 saturated carbocycles. The van der Waals surface area contributed by atoms with Crippen LogP contribution in [0.5, 0.6) is 5.75 Å². The lowest BCUT2D eigenvalue weighted by Crippen LogP contribution is -2.34. The molecular formula is C13H10F5N3O3S. The molecule has 1 aromatic heterocycles. The van der Waals surface area contributed by atoms with Crippen molar-refractivity contribution < 1.29 is 35.9 Å². The molecule has 2 aromatic rings. The fourth-order valence-electron chi connectivity index (χ4n) is 1.54. The first-order valence-electron chi connectivity index (χ1n) is 6.58. The van der Waals surface area contributed by atoms with Crippen LogP contribution in [0.2, 0.25) is 0 Å². The SMILES string of the molecule is O=C(CSc1nnc(-c2ccc(OC(F)F)cc2)o1)NCC(F)(F)F. The van der Waals surface area contributed by atoms with Gasteiger partial charge in [-0.15, -0.1) is 10.2 Å². The van der Waals surface area contributed by atoms with Crippen LogP contribution in [0.3, 0.4) is 0 Å². The van der Waals surface area contributed by atoms with Gasteiger partial charge in [0.05, 0.1) is 5.75 Å². The van der Waals surface area contributed by atoms with Crippen molar-refractivity contribution in [2.45, 2.75) is 18.0 Å². The largest absolute Gasteiger partial charge is 0.435 e. The predicted octanol–water partition coefficient (Wildman–Crippen LogP) is 3.11. The van der Waals surface area contributed by atoms with Gasteiger partial charge < -0.3 is 14.5 Å². The Morgan fingerprint density at radius 3 is 2.52 bits per heavy atom. The second-order valence-electron chi connectivity index (χ2n) is 4.46. The number of carbonyl (C=O) groups is 1. The van der Waals surface area contributed by atoms with E-state index in [1.165, 1.54) is 24.3 Å². The monoisotopic (exact) mass is 383 g/mol. The Morgan fingerprint density at radius 2 is 1.92 bits per heavy atom. The maximum atomic E-state index is 12.1. The van der Waals surface area contributed by atoms with Crippen molar-refractivity contribution in [2.75, 3.05) is 12.3 Å². The Hall–Kier alpha value is -2.37. The highest BCUT2D eigenvalue weighted by Gasteiger charge is 2.27. The van der Waals surface area contributed by atoms with Crippen LogP contribution in [0.15, 0.2) is 33.9 Å². The minimum atomic E-state index is -4.49. The first-order chi connectivity index (χ1) is 11.7. The van der Waals surface area contributed by atoms with Crippen LogP contribution in [0.1, 0.15) is 0 Å². The summed E-state index contributed by atoms with van der Waals surface area (Å²) in [4.78, 5) is 11.3. The van der Waals surface area contributed by atoms with Gasteiger partial charge in [0, 0.05) is 5.56 Å². The highest BCUT2D eigenvalue weighted by Crippen LogP contribution is 2.25. The highest BCUT2D eigenvalue weighted by molar-refractivity contribution is 7.99. The second kappa shape index (κ2) is 8.14. The Kier molecular flexibility index (Phi) is 6.17. The number of carbonyl (C=O) groups excluding carboxylic acids is 1. The van der Waals surface area contributed by atoms with Gasteiger partial charge in [-0.1, -0.05) is 11.8 Å². The summed E-state index contributed by atoms with van der Waals surface area (Å²) in [7, 11) is 0. The molecule has 0 unspecified atom stereocenters. The molecule has 0 aliphatic heterocycles. The molecule has 0 bridgehead atoms. The molecule has 0 aliphatic carbocycles. The average Bonchev–Trinajstić information content (AvgIpc) is 2.99. The topological polar surface area (TPSA) is 77.2 Å². The predicted molar refractivity (Wildman–Crippen MR) is 76.2 cm³/mol. The van der Waals surface area contributed by atoms with Crippen molar-refractivity contribution in [3.8, 4) is 17.2 Å². The summed E-state index contributed by atoms with van der Waals surface area (Å²) < 4.78 is 69.4. The number of rotatable bonds is 7. The number of nitrogens with zero attached hydrogens (tertiary/aromatic N) is 2. The van der Waals surface area contributed by atoms with Gasteiger partial charge in [0.1, 0.15) is 12.3 Å². The van der Waals surface area contributed by atoms with Gasteiger partial charge in [0.25, 0.3) is 5.22 Å². The van der Waals surface area contributed by atoms with E-state index in [1.54, 1.807) is 5.32 Å². The third-order valence-electron chi connectivity index (χ3n) is 2.55. The standard InChI is InChI=1S/C13H10F5N3O3S/c14-11(15)23-8-3-1-7(2-4-8)10-20-21-12(24-10)25-5-9(22)19-6-13(16,17)18/h1-4,11H,5-6H2,(H,19,22). The molecule has 0 fully saturated rings. The van der Waals surface area contributed by atoms with Gasteiger partial charge in [0.2, 0.25) is 11.8 Å². The van der Waals surface area contributed by atoms with E-state index in [1.807, 2.05) is 0 Å². The first-order valence-corrected chi connectivity index (χ1v) is 7.56. The van der Waals surface area contributed by atoms with E-state index in [0.29, 0.717) is 5.56 Å². The number of thioether (sulfide) groups is 1. The van der Waals surface area contributed by atoms with Crippen LogP contribution < -0.4 is 10.1 Å². The summed E-state index contributed by atoms with van der Waals surface area (Å²) in [5.41, 5.74) is 0.419. The molecule has 0 spiro atoms. The van der Waals surface area contributed by atoms with E-state index in [2.05, 4.69) is 14.9 Å². The third kappa shape index (κ3) is 6.57. The van der Waals surface area contributed by atoms with Gasteiger partial charge >= 0.3 is 12.8 Å². The Morgan fingerprint density at radius 1 is 1.24 bits per heavy atom. The molecular weight excluding hydrogens is 373 g/mol. The van der Waals surface area contributed by atoms with Crippen molar-refractivity contribution in [3.63, 3.8) is 0 Å². The number of hydrogen-bond donors (Lipinski definition) is 1. The van der Waals surface area contributed by atoms with Gasteiger partial charge in [-0.05, 0) is 24.3 Å². The van der Waals surface area contributed by atoms with Crippen molar-refractivity contribution >= 4 is 17.7 Å². The summed E-state index contributed by atoms with van der Waals surface area (Å²) >= 11 is 0.763. The van der Waals surface area contributed by atoms with E-state index in [9.17, 15) is 26.7 Å². The maximum absolute atomic E-state index is 12.1. The number of halogens is 5. The van der Waals surface area contributed by atoms with Crippen LogP contribution in [0.4, 0.5) is 22.0 Å². The zero-order valence-corrected chi connectivity index (χ0v) is 13.0. The van der Waals surface area contributed by atoms with Crippen LogP contribution >= 0.6 is 11.8 Å². The number of hydrogen-bond acceptors (Lipinski definition) is 6. The van der Waals surface area contributed by atoms with Gasteiger partial charge in [0.15, 0.2) is 0 Å². The number of benzene rings is 1. The minimum absolute atomic E-state index is 0.0231. The van der Waals surface area contributed by atoms with Crippen molar-refractivity contribution in [1.29, 1.82) is 0 Å². The lowest BCUT2D eigenvalue weighted by molar-refractivity contribution is -0.136. The van der Waals surface area contributed by atoms with Crippen molar-refractivity contribution in [2.24, 2.45) is 0 Å². The zero-order valence-electron chi connectivity index (χ0n) is 12.2. The molecule has 12 heteroatoms. The number of ether oxygens (including phenoxy) is 1. The fourth-order valence-corrected chi connectivity index (χ4v) is 2.13. The lowest BCUT2D eigenvalue weighted by atomic mass is 10.2. The van der Waals surface area contributed by atoms with E-state index in [4.69, 9.17) is 4.42 Å². The Bertz CT molecular complexity index is 706. The molecule has 0 saturated heterocycles. The molecule has 1 N–H and O–H groups in total. The summed E-state index contributed by atoms with van der Waals surface area (Å²) in [6.45, 7) is -4.37. The summed E-state index contributed by atoms with van der Waals surface area (Å²) in [5, 5.41) is 9.02. The molecule has 136 valence electrons. The van der Waals surface area contributed by atoms with E-state index < -0.39 is 25.2 Å². The molecule has 1 heterocycles. The van der Waals surface area contributed by atoms with E-state index in [0.717, 1.165) is 11.8 Å². The van der Waals surface area contributed by atoms with E-state index in [-0.39, 0.29) is 22.6 Å². The number of aromatic nitrogens is 2. The summed E-state index contributed by atoms with van der Waals surface area (Å²) in [6.07, 6.45) is -4.49. The smallest absolute Gasteiger partial charge is 0.405 e. The first kappa shape index (κ1) is 19.0. The normalized spacial score (nSPS) is 11.6. The van der Waals surface area contributed by atoms with E-state index >= 15 is 0 Å². The Balaban J connectivity index is 1.88. The lowest BCUT2D eigenvalue weighted by Gasteiger charge is -2.06.